The van der Waals surface area contributed by atoms with Gasteiger partial charge in [0, 0.05) is 24.6 Å². The second-order valence-electron chi connectivity index (χ2n) is 7.53. The number of halogens is 1. The lowest BCUT2D eigenvalue weighted by Gasteiger charge is -2.18. The summed E-state index contributed by atoms with van der Waals surface area (Å²) < 4.78 is 24.2. The number of ether oxygens (including phenoxy) is 2. The van der Waals surface area contributed by atoms with E-state index >= 15 is 0 Å². The van der Waals surface area contributed by atoms with Gasteiger partial charge in [-0.1, -0.05) is 12.1 Å². The fourth-order valence-electron chi connectivity index (χ4n) is 3.41. The molecule has 1 aliphatic rings. The fourth-order valence-corrected chi connectivity index (χ4v) is 3.41. The maximum atomic E-state index is 13.6. The van der Waals surface area contributed by atoms with Crippen LogP contribution in [0.1, 0.15) is 37.0 Å². The van der Waals surface area contributed by atoms with Gasteiger partial charge in [-0.2, -0.15) is 0 Å². The Balaban J connectivity index is 1.66. The summed E-state index contributed by atoms with van der Waals surface area (Å²) in [6, 6.07) is 12.1. The Bertz CT molecular complexity index is 861. The van der Waals surface area contributed by atoms with Gasteiger partial charge in [0.05, 0.1) is 26.9 Å². The Morgan fingerprint density at radius 2 is 1.83 bits per heavy atom. The zero-order valence-electron chi connectivity index (χ0n) is 17.7. The summed E-state index contributed by atoms with van der Waals surface area (Å²) in [6.07, 6.45) is 1.22. The first kappa shape index (κ1) is 21.9. The van der Waals surface area contributed by atoms with Gasteiger partial charge in [0.1, 0.15) is 17.3 Å². The van der Waals surface area contributed by atoms with Crippen LogP contribution < -0.4 is 20.1 Å². The molecule has 1 fully saturated rings. The third-order valence-corrected chi connectivity index (χ3v) is 5.40. The van der Waals surface area contributed by atoms with Gasteiger partial charge >= 0.3 is 0 Å². The van der Waals surface area contributed by atoms with Crippen LogP contribution in [0.2, 0.25) is 0 Å². The lowest BCUT2D eigenvalue weighted by atomic mass is 9.96. The molecule has 30 heavy (non-hydrogen) atoms. The molecule has 162 valence electrons. The zero-order chi connectivity index (χ0) is 21.6. The summed E-state index contributed by atoms with van der Waals surface area (Å²) in [5, 5.41) is 17.0. The van der Waals surface area contributed by atoms with E-state index in [4.69, 9.17) is 14.5 Å². The molecule has 3 N–H and O–H groups in total. The standard InChI is InChI=1S/C23H30FN3O3/c1-4-25-22(27-15-23(8-9-23)17-6-5-7-18(24)12-17)26-14-21(28)16-10-19(29-2)13-20(11-16)30-3/h5-7,10-13,21,28H,4,8-9,14-15H2,1-3H3,(H2,25,26,27). The molecule has 0 heterocycles. The van der Waals surface area contributed by atoms with E-state index in [1.165, 1.54) is 6.07 Å². The summed E-state index contributed by atoms with van der Waals surface area (Å²) in [5.74, 6) is 1.64. The molecule has 0 aliphatic heterocycles. The van der Waals surface area contributed by atoms with Crippen molar-refractivity contribution < 1.29 is 19.0 Å². The molecule has 1 aliphatic carbocycles. The van der Waals surface area contributed by atoms with Crippen LogP contribution in [-0.2, 0) is 5.41 Å². The minimum absolute atomic E-state index is 0.0940. The van der Waals surface area contributed by atoms with Crippen LogP contribution in [0.3, 0.4) is 0 Å². The molecule has 0 spiro atoms. The van der Waals surface area contributed by atoms with E-state index in [-0.39, 0.29) is 17.8 Å². The summed E-state index contributed by atoms with van der Waals surface area (Å²) in [4.78, 5) is 4.70. The van der Waals surface area contributed by atoms with E-state index in [0.717, 1.165) is 18.4 Å². The van der Waals surface area contributed by atoms with Gasteiger partial charge in [0.25, 0.3) is 0 Å². The van der Waals surface area contributed by atoms with Gasteiger partial charge in [-0.3, -0.25) is 4.99 Å². The van der Waals surface area contributed by atoms with Crippen molar-refractivity contribution in [2.24, 2.45) is 4.99 Å². The molecule has 0 saturated heterocycles. The zero-order valence-corrected chi connectivity index (χ0v) is 17.7. The van der Waals surface area contributed by atoms with Gasteiger partial charge in [0.15, 0.2) is 5.96 Å². The normalized spacial score (nSPS) is 16.0. The molecule has 2 aromatic carbocycles. The number of benzene rings is 2. The van der Waals surface area contributed by atoms with Gasteiger partial charge in [-0.15, -0.1) is 0 Å². The van der Waals surface area contributed by atoms with Crippen molar-refractivity contribution in [2.75, 3.05) is 33.9 Å². The van der Waals surface area contributed by atoms with Crippen LogP contribution in [-0.4, -0.2) is 44.9 Å². The Hall–Kier alpha value is -2.80. The quantitative estimate of drug-likeness (QED) is 0.433. The predicted molar refractivity (Wildman–Crippen MR) is 116 cm³/mol. The summed E-state index contributed by atoms with van der Waals surface area (Å²) >= 11 is 0. The number of aliphatic hydroxyl groups is 1. The Labute approximate surface area is 177 Å². The third kappa shape index (κ3) is 5.42. The second kappa shape index (κ2) is 9.80. The Kier molecular flexibility index (Phi) is 7.15. The molecule has 2 aromatic rings. The van der Waals surface area contributed by atoms with Crippen molar-refractivity contribution in [3.8, 4) is 11.5 Å². The molecule has 7 heteroatoms. The van der Waals surface area contributed by atoms with E-state index in [2.05, 4.69) is 10.6 Å². The molecule has 1 atom stereocenters. The minimum Gasteiger partial charge on any atom is -0.497 e. The maximum Gasteiger partial charge on any atom is 0.191 e. The first-order valence-corrected chi connectivity index (χ1v) is 10.2. The van der Waals surface area contributed by atoms with Crippen LogP contribution >= 0.6 is 0 Å². The van der Waals surface area contributed by atoms with Crippen LogP contribution in [0, 0.1) is 5.82 Å². The molecular weight excluding hydrogens is 385 g/mol. The molecule has 0 radical (unpaired) electrons. The average molecular weight is 416 g/mol. The molecule has 3 rings (SSSR count). The monoisotopic (exact) mass is 415 g/mol. The van der Waals surface area contributed by atoms with Crippen LogP contribution in [0.25, 0.3) is 0 Å². The van der Waals surface area contributed by atoms with Crippen LogP contribution in [0.4, 0.5) is 4.39 Å². The predicted octanol–water partition coefficient (Wildman–Crippen LogP) is 3.16. The van der Waals surface area contributed by atoms with Gasteiger partial charge in [-0.05, 0) is 55.2 Å². The highest BCUT2D eigenvalue weighted by Gasteiger charge is 2.44. The summed E-state index contributed by atoms with van der Waals surface area (Å²) in [6.45, 7) is 3.52. The second-order valence-corrected chi connectivity index (χ2v) is 7.53. The molecule has 0 amide bonds. The van der Waals surface area contributed by atoms with Crippen molar-refractivity contribution in [1.29, 1.82) is 0 Å². The molecule has 1 saturated carbocycles. The van der Waals surface area contributed by atoms with Gasteiger partial charge in [-0.25, -0.2) is 4.39 Å². The van der Waals surface area contributed by atoms with Gasteiger partial charge < -0.3 is 25.2 Å². The number of nitrogens with one attached hydrogen (secondary N) is 2. The highest BCUT2D eigenvalue weighted by atomic mass is 19.1. The van der Waals surface area contributed by atoms with E-state index in [1.54, 1.807) is 44.6 Å². The SMILES string of the molecule is CCNC(=NCC1(c2cccc(F)c2)CC1)NCC(O)c1cc(OC)cc(OC)c1. The number of hydrogen-bond donors (Lipinski definition) is 3. The number of guanidine groups is 1. The van der Waals surface area contributed by atoms with Gasteiger partial charge in [0.2, 0.25) is 0 Å². The molecular formula is C23H30FN3O3. The number of aliphatic imine (C=N–C) groups is 1. The van der Waals surface area contributed by atoms with Crippen molar-refractivity contribution >= 4 is 5.96 Å². The van der Waals surface area contributed by atoms with Crippen molar-refractivity contribution in [3.63, 3.8) is 0 Å². The smallest absolute Gasteiger partial charge is 0.191 e. The Morgan fingerprint density at radius 3 is 2.40 bits per heavy atom. The third-order valence-electron chi connectivity index (χ3n) is 5.40. The lowest BCUT2D eigenvalue weighted by molar-refractivity contribution is 0.180. The summed E-state index contributed by atoms with van der Waals surface area (Å²) in [7, 11) is 3.15. The maximum absolute atomic E-state index is 13.6. The summed E-state index contributed by atoms with van der Waals surface area (Å²) in [5.41, 5.74) is 1.59. The van der Waals surface area contributed by atoms with Crippen molar-refractivity contribution in [3.05, 3.63) is 59.4 Å². The number of hydrogen-bond acceptors (Lipinski definition) is 4. The average Bonchev–Trinajstić information content (AvgIpc) is 3.56. The fraction of sp³-hybridized carbons (Fsp3) is 0.435. The number of methoxy groups -OCH3 is 2. The lowest BCUT2D eigenvalue weighted by Crippen LogP contribution is -2.40. The Morgan fingerprint density at radius 1 is 1.13 bits per heavy atom. The number of nitrogens with zero attached hydrogens (tertiary/aromatic N) is 1. The minimum atomic E-state index is -0.768. The van der Waals surface area contributed by atoms with Crippen LogP contribution in [0.5, 0.6) is 11.5 Å². The van der Waals surface area contributed by atoms with E-state index in [9.17, 15) is 9.50 Å². The van der Waals surface area contributed by atoms with Crippen LogP contribution in [0.15, 0.2) is 47.5 Å². The number of rotatable bonds is 9. The van der Waals surface area contributed by atoms with E-state index in [1.807, 2.05) is 13.0 Å². The molecule has 6 nitrogen and oxygen atoms in total. The highest BCUT2D eigenvalue weighted by molar-refractivity contribution is 5.79. The first-order valence-electron chi connectivity index (χ1n) is 10.2. The van der Waals surface area contributed by atoms with Crippen molar-refractivity contribution in [2.45, 2.75) is 31.3 Å². The van der Waals surface area contributed by atoms with Crippen molar-refractivity contribution in [1.82, 2.24) is 10.6 Å². The van der Waals surface area contributed by atoms with E-state index < -0.39 is 6.10 Å². The number of aliphatic hydroxyl groups excluding tert-OH is 1. The first-order chi connectivity index (χ1) is 14.5. The largest absolute Gasteiger partial charge is 0.497 e. The topological polar surface area (TPSA) is 75.1 Å². The highest BCUT2D eigenvalue weighted by Crippen LogP contribution is 2.48. The molecule has 0 bridgehead atoms. The molecule has 0 aromatic heterocycles. The van der Waals surface area contributed by atoms with E-state index in [0.29, 0.717) is 36.1 Å². The molecule has 1 unspecified atom stereocenters.